The van der Waals surface area contributed by atoms with Gasteiger partial charge in [-0.15, -0.1) is 0 Å². The molecule has 5 nitrogen and oxygen atoms in total. The first-order valence-corrected chi connectivity index (χ1v) is 8.64. The van der Waals surface area contributed by atoms with Gasteiger partial charge in [0.1, 0.15) is 22.9 Å². The van der Waals surface area contributed by atoms with Crippen molar-refractivity contribution in [3.63, 3.8) is 0 Å². The normalized spacial score (nSPS) is 11.4. The van der Waals surface area contributed by atoms with Gasteiger partial charge in [0.2, 0.25) is 6.10 Å². The lowest BCUT2D eigenvalue weighted by Gasteiger charge is -2.18. The first-order valence-electron chi connectivity index (χ1n) is 8.64. The Morgan fingerprint density at radius 3 is 2.21 bits per heavy atom. The molecule has 29 heavy (non-hydrogen) atoms. The zero-order valence-corrected chi connectivity index (χ0v) is 15.4. The van der Waals surface area contributed by atoms with E-state index in [0.717, 1.165) is 18.2 Å². The van der Waals surface area contributed by atoms with Gasteiger partial charge >= 0.3 is 5.97 Å². The number of benzene rings is 3. The molecule has 0 aromatic heterocycles. The quantitative estimate of drug-likeness (QED) is 0.622. The van der Waals surface area contributed by atoms with Crippen molar-refractivity contribution < 1.29 is 27.8 Å². The van der Waals surface area contributed by atoms with Crippen molar-refractivity contribution in [2.24, 2.45) is 0 Å². The van der Waals surface area contributed by atoms with Gasteiger partial charge in [-0.2, -0.15) is 0 Å². The lowest BCUT2D eigenvalue weighted by molar-refractivity contribution is -0.125. The number of amides is 1. The lowest BCUT2D eigenvalue weighted by atomic mass is 10.1. The summed E-state index contributed by atoms with van der Waals surface area (Å²) in [5.41, 5.74) is -0.107. The van der Waals surface area contributed by atoms with Gasteiger partial charge in [-0.1, -0.05) is 42.5 Å². The van der Waals surface area contributed by atoms with Crippen molar-refractivity contribution in [1.29, 1.82) is 0 Å². The molecule has 1 amide bonds. The summed E-state index contributed by atoms with van der Waals surface area (Å²) < 4.78 is 38.2. The Kier molecular flexibility index (Phi) is 6.19. The van der Waals surface area contributed by atoms with Crippen LogP contribution in [-0.4, -0.2) is 19.0 Å². The monoisotopic (exact) mass is 397 g/mol. The van der Waals surface area contributed by atoms with Gasteiger partial charge in [-0.05, 0) is 24.3 Å². The number of anilines is 1. The second-order valence-electron chi connectivity index (χ2n) is 6.01. The minimum atomic E-state index is -1.42. The van der Waals surface area contributed by atoms with E-state index in [9.17, 15) is 18.4 Å². The number of halogens is 2. The summed E-state index contributed by atoms with van der Waals surface area (Å²) in [6.45, 7) is 0. The van der Waals surface area contributed by atoms with E-state index in [1.54, 1.807) is 54.6 Å². The molecule has 3 rings (SSSR count). The number of hydrogen-bond donors (Lipinski definition) is 1. The van der Waals surface area contributed by atoms with E-state index >= 15 is 0 Å². The number of ether oxygens (including phenoxy) is 2. The highest BCUT2D eigenvalue weighted by Crippen LogP contribution is 2.24. The SMILES string of the molecule is COc1cccc(NC(=O)[C@H](OC(=O)c2c(F)cccc2F)c2ccccc2)c1. The summed E-state index contributed by atoms with van der Waals surface area (Å²) >= 11 is 0. The van der Waals surface area contributed by atoms with Crippen molar-refractivity contribution in [1.82, 2.24) is 0 Å². The standard InChI is InChI=1S/C22H17F2NO4/c1-28-16-10-5-9-15(13-16)25-21(26)20(14-7-3-2-4-8-14)29-22(27)19-17(23)11-6-12-18(19)24/h2-13,20H,1H3,(H,25,26)/t20-/m1/s1. The van der Waals surface area contributed by atoms with Gasteiger partial charge in [-0.3, -0.25) is 4.79 Å². The van der Waals surface area contributed by atoms with E-state index in [-0.39, 0.29) is 0 Å². The highest BCUT2D eigenvalue weighted by atomic mass is 19.1. The van der Waals surface area contributed by atoms with Crippen LogP contribution in [0.2, 0.25) is 0 Å². The number of nitrogens with one attached hydrogen (secondary N) is 1. The van der Waals surface area contributed by atoms with Crippen LogP contribution in [0.3, 0.4) is 0 Å². The highest BCUT2D eigenvalue weighted by Gasteiger charge is 2.28. The number of methoxy groups -OCH3 is 1. The summed E-state index contributed by atoms with van der Waals surface area (Å²) in [6, 6.07) is 17.8. The third-order valence-electron chi connectivity index (χ3n) is 4.07. The largest absolute Gasteiger partial charge is 0.497 e. The van der Waals surface area contributed by atoms with Gasteiger partial charge in [0.15, 0.2) is 0 Å². The second kappa shape index (κ2) is 8.97. The summed E-state index contributed by atoms with van der Waals surface area (Å²) in [4.78, 5) is 25.3. The number of carbonyl (C=O) groups is 2. The molecule has 1 atom stereocenters. The molecule has 0 bridgehead atoms. The molecule has 3 aromatic rings. The van der Waals surface area contributed by atoms with Crippen molar-refractivity contribution in [3.8, 4) is 5.75 Å². The van der Waals surface area contributed by atoms with E-state index < -0.39 is 35.2 Å². The Bertz CT molecular complexity index is 1000. The molecule has 0 heterocycles. The van der Waals surface area contributed by atoms with Crippen LogP contribution in [0.5, 0.6) is 5.75 Å². The average molecular weight is 397 g/mol. The zero-order valence-electron chi connectivity index (χ0n) is 15.4. The van der Waals surface area contributed by atoms with Gasteiger partial charge < -0.3 is 14.8 Å². The molecule has 0 fully saturated rings. The van der Waals surface area contributed by atoms with E-state index in [0.29, 0.717) is 17.0 Å². The minimum Gasteiger partial charge on any atom is -0.497 e. The van der Waals surface area contributed by atoms with Crippen LogP contribution in [0.25, 0.3) is 0 Å². The number of hydrogen-bond acceptors (Lipinski definition) is 4. The van der Waals surface area contributed by atoms with Crippen LogP contribution in [-0.2, 0) is 9.53 Å². The van der Waals surface area contributed by atoms with Crippen LogP contribution in [0, 0.1) is 11.6 Å². The maximum absolute atomic E-state index is 13.9. The second-order valence-corrected chi connectivity index (χ2v) is 6.01. The predicted molar refractivity (Wildman–Crippen MR) is 103 cm³/mol. The highest BCUT2D eigenvalue weighted by molar-refractivity contribution is 5.98. The molecule has 0 saturated carbocycles. The summed E-state index contributed by atoms with van der Waals surface area (Å²) in [5, 5.41) is 2.62. The van der Waals surface area contributed by atoms with Gasteiger partial charge in [0.25, 0.3) is 5.91 Å². The van der Waals surface area contributed by atoms with Crippen LogP contribution in [0.1, 0.15) is 22.0 Å². The molecule has 0 aliphatic rings. The first kappa shape index (κ1) is 20.0. The van der Waals surface area contributed by atoms with E-state index in [1.807, 2.05) is 0 Å². The third kappa shape index (κ3) is 4.76. The predicted octanol–water partition coefficient (Wildman–Crippen LogP) is 4.51. The van der Waals surface area contributed by atoms with Crippen molar-refractivity contribution >= 4 is 17.6 Å². The summed E-state index contributed by atoms with van der Waals surface area (Å²) in [7, 11) is 1.48. The molecule has 0 radical (unpaired) electrons. The average Bonchev–Trinajstić information content (AvgIpc) is 2.72. The topological polar surface area (TPSA) is 64.6 Å². The van der Waals surface area contributed by atoms with Crippen LogP contribution in [0.15, 0.2) is 72.8 Å². The van der Waals surface area contributed by atoms with E-state index in [2.05, 4.69) is 5.32 Å². The summed E-state index contributed by atoms with van der Waals surface area (Å²) in [5.74, 6) is -3.60. The van der Waals surface area contributed by atoms with Crippen molar-refractivity contribution in [2.75, 3.05) is 12.4 Å². The molecule has 0 spiro atoms. The lowest BCUT2D eigenvalue weighted by Crippen LogP contribution is -2.26. The Labute approximate surface area is 165 Å². The maximum Gasteiger partial charge on any atom is 0.345 e. The molecular weight excluding hydrogens is 380 g/mol. The fraction of sp³-hybridized carbons (Fsp3) is 0.0909. The molecule has 3 aromatic carbocycles. The van der Waals surface area contributed by atoms with Crippen LogP contribution < -0.4 is 10.1 Å². The zero-order chi connectivity index (χ0) is 20.8. The molecule has 7 heteroatoms. The van der Waals surface area contributed by atoms with Gasteiger partial charge in [-0.25, -0.2) is 13.6 Å². The molecule has 0 aliphatic carbocycles. The van der Waals surface area contributed by atoms with E-state index in [1.165, 1.54) is 7.11 Å². The first-order chi connectivity index (χ1) is 14.0. The van der Waals surface area contributed by atoms with Gasteiger partial charge in [0.05, 0.1) is 7.11 Å². The molecule has 0 saturated heterocycles. The Morgan fingerprint density at radius 2 is 1.55 bits per heavy atom. The van der Waals surface area contributed by atoms with Crippen LogP contribution in [0.4, 0.5) is 14.5 Å². The fourth-order valence-electron chi connectivity index (χ4n) is 2.67. The molecule has 148 valence electrons. The summed E-state index contributed by atoms with van der Waals surface area (Å²) in [6.07, 6.45) is -1.42. The third-order valence-corrected chi connectivity index (χ3v) is 4.07. The van der Waals surface area contributed by atoms with Gasteiger partial charge in [0, 0.05) is 17.3 Å². The molecule has 1 N–H and O–H groups in total. The molecule has 0 aliphatic heterocycles. The fourth-order valence-corrected chi connectivity index (χ4v) is 2.67. The van der Waals surface area contributed by atoms with Crippen molar-refractivity contribution in [2.45, 2.75) is 6.10 Å². The molecule has 0 unspecified atom stereocenters. The number of carbonyl (C=O) groups excluding carboxylic acids is 2. The Hall–Kier alpha value is -3.74. The number of rotatable bonds is 6. The maximum atomic E-state index is 13.9. The molecular formula is C22H17F2NO4. The van der Waals surface area contributed by atoms with E-state index in [4.69, 9.17) is 9.47 Å². The minimum absolute atomic E-state index is 0.345. The smallest absolute Gasteiger partial charge is 0.345 e. The van der Waals surface area contributed by atoms with Crippen molar-refractivity contribution in [3.05, 3.63) is 95.6 Å². The Balaban J connectivity index is 1.89. The number of esters is 1. The van der Waals surface area contributed by atoms with Crippen LogP contribution >= 0.6 is 0 Å². The Morgan fingerprint density at radius 1 is 0.897 bits per heavy atom.